The van der Waals surface area contributed by atoms with Crippen molar-refractivity contribution in [2.75, 3.05) is 13.1 Å². The van der Waals surface area contributed by atoms with Crippen LogP contribution in [0.5, 0.6) is 0 Å². The summed E-state index contributed by atoms with van der Waals surface area (Å²) < 4.78 is 0. The Morgan fingerprint density at radius 2 is 1.86 bits per heavy atom. The van der Waals surface area contributed by atoms with E-state index in [2.05, 4.69) is 10.1 Å². The lowest BCUT2D eigenvalue weighted by Crippen LogP contribution is -2.45. The van der Waals surface area contributed by atoms with Crippen LogP contribution in [0.15, 0.2) is 53.9 Å². The Morgan fingerprint density at radius 1 is 1.11 bits per heavy atom. The van der Waals surface area contributed by atoms with Gasteiger partial charge in [0.2, 0.25) is 6.10 Å². The fourth-order valence-corrected chi connectivity index (χ4v) is 3.76. The molecule has 7 heteroatoms. The quantitative estimate of drug-likeness (QED) is 0.742. The van der Waals surface area contributed by atoms with Crippen molar-refractivity contribution in [2.45, 2.75) is 25.4 Å². The van der Waals surface area contributed by atoms with Gasteiger partial charge in [-0.05, 0) is 42.7 Å². The molecule has 1 aromatic heterocycles. The Labute approximate surface area is 168 Å². The van der Waals surface area contributed by atoms with E-state index in [9.17, 15) is 9.59 Å². The van der Waals surface area contributed by atoms with E-state index in [1.807, 2.05) is 12.1 Å². The molecular weight excluding hydrogens is 378 g/mol. The van der Waals surface area contributed by atoms with Gasteiger partial charge in [-0.2, -0.15) is 0 Å². The van der Waals surface area contributed by atoms with Gasteiger partial charge in [0.1, 0.15) is 0 Å². The Kier molecular flexibility index (Phi) is 5.39. The zero-order chi connectivity index (χ0) is 19.5. The monoisotopic (exact) mass is 397 g/mol. The third kappa shape index (κ3) is 3.92. The number of likely N-dealkylation sites (tertiary alicyclic amines) is 1. The molecule has 1 amide bonds. The molecule has 1 atom stereocenters. The summed E-state index contributed by atoms with van der Waals surface area (Å²) in [6, 6.07) is 10.9. The largest absolute Gasteiger partial charge is 0.382 e. The molecule has 4 rings (SSSR count). The Morgan fingerprint density at radius 3 is 2.54 bits per heavy atom. The third-order valence-corrected chi connectivity index (χ3v) is 5.50. The number of halogens is 1. The maximum atomic E-state index is 12.8. The SMILES string of the molecule is O=C(c1cccnc1)C1CCN(C(=O)C2CC(c3ccc(Cl)cc3)=NO2)CC1. The van der Waals surface area contributed by atoms with Crippen LogP contribution in [0, 0.1) is 5.92 Å². The zero-order valence-corrected chi connectivity index (χ0v) is 16.0. The zero-order valence-electron chi connectivity index (χ0n) is 15.3. The normalized spacial score (nSPS) is 19.8. The van der Waals surface area contributed by atoms with Gasteiger partial charge in [0.15, 0.2) is 5.78 Å². The number of nitrogens with zero attached hydrogens (tertiary/aromatic N) is 3. The molecule has 28 heavy (non-hydrogen) atoms. The van der Waals surface area contributed by atoms with Crippen LogP contribution in [0.2, 0.25) is 5.02 Å². The molecule has 0 radical (unpaired) electrons. The molecule has 2 aliphatic rings. The summed E-state index contributed by atoms with van der Waals surface area (Å²) >= 11 is 5.91. The molecular formula is C21H20ClN3O3. The molecule has 2 aliphatic heterocycles. The standard InChI is InChI=1S/C21H20ClN3O3/c22-17-5-3-14(4-6-17)18-12-19(28-24-18)21(27)25-10-7-15(8-11-25)20(26)16-2-1-9-23-13-16/h1-6,9,13,15,19H,7-8,10-12H2. The minimum atomic E-state index is -0.601. The fraction of sp³-hybridized carbons (Fsp3) is 0.333. The van der Waals surface area contributed by atoms with Crippen molar-refractivity contribution in [2.24, 2.45) is 11.1 Å². The smallest absolute Gasteiger partial charge is 0.266 e. The Balaban J connectivity index is 1.31. The minimum Gasteiger partial charge on any atom is -0.382 e. The highest BCUT2D eigenvalue weighted by atomic mass is 35.5. The van der Waals surface area contributed by atoms with Gasteiger partial charge >= 0.3 is 0 Å². The number of aromatic nitrogens is 1. The van der Waals surface area contributed by atoms with Gasteiger partial charge in [-0.3, -0.25) is 14.6 Å². The number of amides is 1. The fourth-order valence-electron chi connectivity index (χ4n) is 3.63. The molecule has 0 N–H and O–H groups in total. The van der Waals surface area contributed by atoms with Crippen LogP contribution >= 0.6 is 11.6 Å². The summed E-state index contributed by atoms with van der Waals surface area (Å²) in [6.07, 6.45) is 4.39. The van der Waals surface area contributed by atoms with E-state index in [4.69, 9.17) is 16.4 Å². The molecule has 0 bridgehead atoms. The second kappa shape index (κ2) is 8.10. The van der Waals surface area contributed by atoms with Crippen LogP contribution in [-0.4, -0.2) is 46.5 Å². The number of carbonyl (C=O) groups is 2. The molecule has 1 unspecified atom stereocenters. The van der Waals surface area contributed by atoms with Crippen LogP contribution in [0.3, 0.4) is 0 Å². The van der Waals surface area contributed by atoms with Crippen molar-refractivity contribution in [3.63, 3.8) is 0 Å². The Hall–Kier alpha value is -2.73. The number of piperidine rings is 1. The first kappa shape index (κ1) is 18.6. The summed E-state index contributed by atoms with van der Waals surface area (Å²) in [7, 11) is 0. The second-order valence-electron chi connectivity index (χ2n) is 7.05. The van der Waals surface area contributed by atoms with E-state index in [1.54, 1.807) is 41.6 Å². The van der Waals surface area contributed by atoms with Crippen molar-refractivity contribution in [3.05, 3.63) is 64.9 Å². The first-order valence-corrected chi connectivity index (χ1v) is 9.71. The van der Waals surface area contributed by atoms with E-state index in [1.165, 1.54) is 0 Å². The molecule has 144 valence electrons. The number of pyridine rings is 1. The van der Waals surface area contributed by atoms with E-state index in [0.29, 0.717) is 42.9 Å². The lowest BCUT2D eigenvalue weighted by atomic mass is 9.89. The highest BCUT2D eigenvalue weighted by Gasteiger charge is 2.35. The number of ketones is 1. The third-order valence-electron chi connectivity index (χ3n) is 5.25. The van der Waals surface area contributed by atoms with Crippen LogP contribution in [0.4, 0.5) is 0 Å². The average Bonchev–Trinajstić information content (AvgIpc) is 3.24. The van der Waals surface area contributed by atoms with Crippen LogP contribution in [-0.2, 0) is 9.63 Å². The van der Waals surface area contributed by atoms with Crippen molar-refractivity contribution < 1.29 is 14.4 Å². The number of benzene rings is 1. The summed E-state index contributed by atoms with van der Waals surface area (Å²) in [5.41, 5.74) is 2.28. The summed E-state index contributed by atoms with van der Waals surface area (Å²) in [5.74, 6) is -0.0377. The van der Waals surface area contributed by atoms with Crippen LogP contribution in [0.1, 0.15) is 35.2 Å². The minimum absolute atomic E-state index is 0.0695. The number of hydrogen-bond acceptors (Lipinski definition) is 5. The van der Waals surface area contributed by atoms with E-state index in [0.717, 1.165) is 11.3 Å². The van der Waals surface area contributed by atoms with Crippen LogP contribution < -0.4 is 0 Å². The maximum Gasteiger partial charge on any atom is 0.266 e. The number of Topliss-reactive ketones (excluding diaryl/α,β-unsaturated/α-hetero) is 1. The van der Waals surface area contributed by atoms with E-state index >= 15 is 0 Å². The molecule has 0 spiro atoms. The molecule has 1 fully saturated rings. The van der Waals surface area contributed by atoms with Crippen LogP contribution in [0.25, 0.3) is 0 Å². The molecule has 3 heterocycles. The first-order valence-electron chi connectivity index (χ1n) is 9.33. The van der Waals surface area contributed by atoms with Crippen molar-refractivity contribution in [1.29, 1.82) is 0 Å². The van der Waals surface area contributed by atoms with E-state index in [-0.39, 0.29) is 17.6 Å². The van der Waals surface area contributed by atoms with Gasteiger partial charge < -0.3 is 9.74 Å². The Bertz CT molecular complexity index is 891. The van der Waals surface area contributed by atoms with Gasteiger partial charge in [0, 0.05) is 48.4 Å². The predicted molar refractivity (Wildman–Crippen MR) is 105 cm³/mol. The molecule has 1 saturated heterocycles. The first-order chi connectivity index (χ1) is 13.6. The van der Waals surface area contributed by atoms with E-state index < -0.39 is 6.10 Å². The number of oxime groups is 1. The highest BCUT2D eigenvalue weighted by molar-refractivity contribution is 6.30. The van der Waals surface area contributed by atoms with Gasteiger partial charge in [-0.25, -0.2) is 0 Å². The van der Waals surface area contributed by atoms with Gasteiger partial charge in [0.25, 0.3) is 5.91 Å². The van der Waals surface area contributed by atoms with Crippen molar-refractivity contribution in [3.8, 4) is 0 Å². The van der Waals surface area contributed by atoms with Gasteiger partial charge in [-0.1, -0.05) is 28.9 Å². The molecule has 2 aromatic rings. The lowest BCUT2D eigenvalue weighted by Gasteiger charge is -2.32. The predicted octanol–water partition coefficient (Wildman–Crippen LogP) is 3.35. The van der Waals surface area contributed by atoms with Gasteiger partial charge in [-0.15, -0.1) is 0 Å². The number of hydrogen-bond donors (Lipinski definition) is 0. The summed E-state index contributed by atoms with van der Waals surface area (Å²) in [4.78, 5) is 36.5. The molecule has 1 aromatic carbocycles. The number of rotatable bonds is 4. The maximum absolute atomic E-state index is 12.8. The number of carbonyl (C=O) groups excluding carboxylic acids is 2. The highest BCUT2D eigenvalue weighted by Crippen LogP contribution is 2.25. The molecule has 6 nitrogen and oxygen atoms in total. The second-order valence-corrected chi connectivity index (χ2v) is 7.48. The van der Waals surface area contributed by atoms with Gasteiger partial charge in [0.05, 0.1) is 5.71 Å². The topological polar surface area (TPSA) is 71.9 Å². The van der Waals surface area contributed by atoms with Crippen molar-refractivity contribution in [1.82, 2.24) is 9.88 Å². The molecule has 0 aliphatic carbocycles. The lowest BCUT2D eigenvalue weighted by molar-refractivity contribution is -0.143. The average molecular weight is 398 g/mol. The summed E-state index contributed by atoms with van der Waals surface area (Å²) in [5, 5.41) is 4.73. The summed E-state index contributed by atoms with van der Waals surface area (Å²) in [6.45, 7) is 1.09. The molecule has 0 saturated carbocycles. The van der Waals surface area contributed by atoms with Crippen molar-refractivity contribution >= 4 is 29.0 Å².